The Bertz CT molecular complexity index is 610. The van der Waals surface area contributed by atoms with Crippen molar-refractivity contribution in [3.8, 4) is 0 Å². The summed E-state index contributed by atoms with van der Waals surface area (Å²) in [7, 11) is -3.33. The first-order valence-electron chi connectivity index (χ1n) is 8.70. The summed E-state index contributed by atoms with van der Waals surface area (Å²) in [5.41, 5.74) is 1.91. The van der Waals surface area contributed by atoms with Crippen molar-refractivity contribution >= 4 is 10.0 Å². The standard InChI is InChI=1S/C18H30N2O3S/c1-15(2)11-18(20-7-9-23-10-8-20)13-19-24(21,22)14-17-6-4-5-16(3)12-17/h4-6,12,15,18-19H,7-11,13-14H2,1-3H3. The quantitative estimate of drug-likeness (QED) is 0.777. The lowest BCUT2D eigenvalue weighted by atomic mass is 10.0. The number of aryl methyl sites for hydroxylation is 1. The van der Waals surface area contributed by atoms with E-state index in [1.54, 1.807) is 0 Å². The third-order valence-electron chi connectivity index (χ3n) is 4.28. The fourth-order valence-corrected chi connectivity index (χ4v) is 4.31. The molecule has 136 valence electrons. The lowest BCUT2D eigenvalue weighted by molar-refractivity contribution is 0.0134. The Morgan fingerprint density at radius 2 is 1.96 bits per heavy atom. The Morgan fingerprint density at radius 3 is 2.58 bits per heavy atom. The van der Waals surface area contributed by atoms with Crippen LogP contribution in [0.25, 0.3) is 0 Å². The first-order valence-corrected chi connectivity index (χ1v) is 10.4. The van der Waals surface area contributed by atoms with Gasteiger partial charge < -0.3 is 4.74 Å². The Hall–Kier alpha value is -0.950. The second-order valence-electron chi connectivity index (χ2n) is 7.03. The van der Waals surface area contributed by atoms with Crippen LogP contribution in [-0.4, -0.2) is 52.2 Å². The Balaban J connectivity index is 1.95. The fourth-order valence-electron chi connectivity index (χ4n) is 3.14. The maximum absolute atomic E-state index is 12.4. The van der Waals surface area contributed by atoms with Gasteiger partial charge in [-0.2, -0.15) is 0 Å². The summed E-state index contributed by atoms with van der Waals surface area (Å²) in [6.45, 7) is 9.99. The molecule has 1 heterocycles. The van der Waals surface area contributed by atoms with Crippen molar-refractivity contribution in [2.75, 3.05) is 32.8 Å². The minimum absolute atomic E-state index is 0.0339. The van der Waals surface area contributed by atoms with Gasteiger partial charge in [-0.3, -0.25) is 4.90 Å². The van der Waals surface area contributed by atoms with Gasteiger partial charge in [-0.05, 0) is 24.8 Å². The zero-order valence-corrected chi connectivity index (χ0v) is 15.8. The molecule has 1 aliphatic rings. The van der Waals surface area contributed by atoms with Crippen LogP contribution < -0.4 is 4.72 Å². The molecular formula is C18H30N2O3S. The smallest absolute Gasteiger partial charge is 0.215 e. The van der Waals surface area contributed by atoms with Gasteiger partial charge in [-0.25, -0.2) is 13.1 Å². The molecule has 1 atom stereocenters. The monoisotopic (exact) mass is 354 g/mol. The molecule has 0 spiro atoms. The van der Waals surface area contributed by atoms with E-state index in [1.807, 2.05) is 31.2 Å². The Kier molecular flexibility index (Phi) is 7.22. The number of morpholine rings is 1. The topological polar surface area (TPSA) is 58.6 Å². The van der Waals surface area contributed by atoms with Crippen LogP contribution >= 0.6 is 0 Å². The largest absolute Gasteiger partial charge is 0.379 e. The van der Waals surface area contributed by atoms with E-state index in [-0.39, 0.29) is 11.8 Å². The van der Waals surface area contributed by atoms with E-state index in [0.29, 0.717) is 12.5 Å². The summed E-state index contributed by atoms with van der Waals surface area (Å²) >= 11 is 0. The summed E-state index contributed by atoms with van der Waals surface area (Å²) in [4.78, 5) is 2.35. The van der Waals surface area contributed by atoms with Crippen molar-refractivity contribution < 1.29 is 13.2 Å². The number of sulfonamides is 1. The number of hydrogen-bond donors (Lipinski definition) is 1. The van der Waals surface area contributed by atoms with Gasteiger partial charge in [0.15, 0.2) is 0 Å². The maximum atomic E-state index is 12.4. The van der Waals surface area contributed by atoms with Crippen LogP contribution in [0.3, 0.4) is 0 Å². The van der Waals surface area contributed by atoms with Gasteiger partial charge in [0.2, 0.25) is 10.0 Å². The van der Waals surface area contributed by atoms with Crippen LogP contribution in [0.5, 0.6) is 0 Å². The predicted molar refractivity (Wildman–Crippen MR) is 97.4 cm³/mol. The molecule has 0 aliphatic carbocycles. The van der Waals surface area contributed by atoms with Gasteiger partial charge in [0.25, 0.3) is 0 Å². The molecule has 24 heavy (non-hydrogen) atoms. The third-order valence-corrected chi connectivity index (χ3v) is 5.60. The minimum atomic E-state index is -3.33. The van der Waals surface area contributed by atoms with Crippen molar-refractivity contribution in [1.29, 1.82) is 0 Å². The van der Waals surface area contributed by atoms with Crippen molar-refractivity contribution in [3.05, 3.63) is 35.4 Å². The number of rotatable bonds is 8. The SMILES string of the molecule is Cc1cccc(CS(=O)(=O)NCC(CC(C)C)N2CCOCC2)c1. The predicted octanol–water partition coefficient (Wildman–Crippen LogP) is 2.16. The zero-order valence-electron chi connectivity index (χ0n) is 15.0. The zero-order chi connectivity index (χ0) is 17.6. The molecule has 0 amide bonds. The summed E-state index contributed by atoms with van der Waals surface area (Å²) in [5.74, 6) is 0.561. The average molecular weight is 355 g/mol. The molecule has 1 aromatic carbocycles. The highest BCUT2D eigenvalue weighted by atomic mass is 32.2. The molecule has 1 aromatic rings. The lowest BCUT2D eigenvalue weighted by Crippen LogP contribution is -2.49. The van der Waals surface area contributed by atoms with E-state index in [4.69, 9.17) is 4.74 Å². The van der Waals surface area contributed by atoms with Crippen LogP contribution in [-0.2, 0) is 20.5 Å². The summed E-state index contributed by atoms with van der Waals surface area (Å²) < 4.78 is 33.1. The van der Waals surface area contributed by atoms with E-state index in [2.05, 4.69) is 23.5 Å². The summed E-state index contributed by atoms with van der Waals surface area (Å²) in [5, 5.41) is 0. The highest BCUT2D eigenvalue weighted by Gasteiger charge is 2.23. The lowest BCUT2D eigenvalue weighted by Gasteiger charge is -2.35. The molecular weight excluding hydrogens is 324 g/mol. The van der Waals surface area contributed by atoms with Crippen LogP contribution in [0.1, 0.15) is 31.4 Å². The van der Waals surface area contributed by atoms with Gasteiger partial charge in [-0.1, -0.05) is 43.7 Å². The molecule has 2 rings (SSSR count). The molecule has 0 aromatic heterocycles. The molecule has 6 heteroatoms. The normalized spacial score (nSPS) is 18.0. The molecule has 0 bridgehead atoms. The highest BCUT2D eigenvalue weighted by Crippen LogP contribution is 2.14. The van der Waals surface area contributed by atoms with Crippen LogP contribution in [0.15, 0.2) is 24.3 Å². The molecule has 0 radical (unpaired) electrons. The third kappa shape index (κ3) is 6.51. The Morgan fingerprint density at radius 1 is 1.25 bits per heavy atom. The van der Waals surface area contributed by atoms with E-state index < -0.39 is 10.0 Å². The van der Waals surface area contributed by atoms with Crippen LogP contribution in [0.4, 0.5) is 0 Å². The molecule has 0 saturated carbocycles. The number of benzene rings is 1. The molecule has 1 saturated heterocycles. The van der Waals surface area contributed by atoms with E-state index in [1.165, 1.54) is 0 Å². The first-order chi connectivity index (χ1) is 11.4. The number of hydrogen-bond acceptors (Lipinski definition) is 4. The maximum Gasteiger partial charge on any atom is 0.215 e. The van der Waals surface area contributed by atoms with Gasteiger partial charge in [0, 0.05) is 25.7 Å². The van der Waals surface area contributed by atoms with Crippen molar-refractivity contribution in [2.24, 2.45) is 5.92 Å². The highest BCUT2D eigenvalue weighted by molar-refractivity contribution is 7.88. The fraction of sp³-hybridized carbons (Fsp3) is 0.667. The van der Waals surface area contributed by atoms with Crippen LogP contribution in [0.2, 0.25) is 0 Å². The number of nitrogens with one attached hydrogen (secondary N) is 1. The van der Waals surface area contributed by atoms with Crippen molar-refractivity contribution in [1.82, 2.24) is 9.62 Å². The minimum Gasteiger partial charge on any atom is -0.379 e. The van der Waals surface area contributed by atoms with E-state index in [0.717, 1.165) is 43.9 Å². The van der Waals surface area contributed by atoms with Gasteiger partial charge in [0.05, 0.1) is 19.0 Å². The van der Waals surface area contributed by atoms with Crippen molar-refractivity contribution in [2.45, 2.75) is 39.0 Å². The molecule has 1 N–H and O–H groups in total. The van der Waals surface area contributed by atoms with Crippen molar-refractivity contribution in [3.63, 3.8) is 0 Å². The average Bonchev–Trinajstić information content (AvgIpc) is 2.51. The van der Waals surface area contributed by atoms with Gasteiger partial charge >= 0.3 is 0 Å². The molecule has 1 aliphatic heterocycles. The van der Waals surface area contributed by atoms with E-state index >= 15 is 0 Å². The van der Waals surface area contributed by atoms with Gasteiger partial charge in [0.1, 0.15) is 0 Å². The van der Waals surface area contributed by atoms with Crippen LogP contribution in [0, 0.1) is 12.8 Å². The second-order valence-corrected chi connectivity index (χ2v) is 8.84. The second kappa shape index (κ2) is 8.94. The summed E-state index contributed by atoms with van der Waals surface area (Å²) in [6.07, 6.45) is 0.979. The number of ether oxygens (including phenoxy) is 1. The summed E-state index contributed by atoms with van der Waals surface area (Å²) in [6, 6.07) is 7.88. The first kappa shape index (κ1) is 19.4. The molecule has 5 nitrogen and oxygen atoms in total. The Labute approximate surface area is 146 Å². The van der Waals surface area contributed by atoms with E-state index in [9.17, 15) is 8.42 Å². The molecule has 1 unspecified atom stereocenters. The number of nitrogens with zero attached hydrogens (tertiary/aromatic N) is 1. The molecule has 1 fully saturated rings. The van der Waals surface area contributed by atoms with Gasteiger partial charge in [-0.15, -0.1) is 0 Å².